The number of benzene rings is 2. The second-order valence-electron chi connectivity index (χ2n) is 11.3. The average Bonchev–Trinajstić information content (AvgIpc) is 2.90. The standard InChI is InChI=1S/C15H22N2O5.C9H17NO3.C6H5NO3/c1-10(2)7-11(9-15(16)18)8-14(22-21)12-5-3-4-6-13(12)17(19)20;1-6(2)3-7(4-8(10)11)5-9(12)13;8-6-4-2-1-3-5(6)7(9)10/h3-6,10-11,14,21H,7-9H2,1-2H3,(H2,16,18);6-7H,3-5H2,1-2H3,(H2,10,11)(H,12,13);1-4,8H/t11-,14?;7-;/m01./s1. The number of nitro benzene ring substituents is 2. The number of para-hydroxylation sites is 3. The van der Waals surface area contributed by atoms with E-state index in [9.17, 15) is 34.6 Å². The zero-order valence-electron chi connectivity index (χ0n) is 25.9. The van der Waals surface area contributed by atoms with Gasteiger partial charge in [0.2, 0.25) is 11.8 Å². The summed E-state index contributed by atoms with van der Waals surface area (Å²) in [5, 5.41) is 47.7. The number of aliphatic carboxylic acids is 1. The van der Waals surface area contributed by atoms with Crippen LogP contribution in [0.5, 0.6) is 5.75 Å². The topological polar surface area (TPSA) is 259 Å². The predicted octanol–water partition coefficient (Wildman–Crippen LogP) is 5.35. The first-order valence-electron chi connectivity index (χ1n) is 14.2. The number of nitro groups is 2. The van der Waals surface area contributed by atoms with Crippen molar-refractivity contribution in [1.29, 1.82) is 0 Å². The van der Waals surface area contributed by atoms with E-state index in [-0.39, 0.29) is 60.2 Å². The highest BCUT2D eigenvalue weighted by Crippen LogP contribution is 2.34. The van der Waals surface area contributed by atoms with Crippen LogP contribution in [0.15, 0.2) is 48.5 Å². The molecule has 15 heteroatoms. The van der Waals surface area contributed by atoms with Crippen LogP contribution in [0.2, 0.25) is 0 Å². The molecule has 0 saturated carbocycles. The number of phenols is 1. The molecule has 2 aromatic carbocycles. The quantitative estimate of drug-likeness (QED) is 0.0890. The summed E-state index contributed by atoms with van der Waals surface area (Å²) >= 11 is 0. The maximum Gasteiger partial charge on any atom is 0.310 e. The summed E-state index contributed by atoms with van der Waals surface area (Å²) < 4.78 is 0. The van der Waals surface area contributed by atoms with Crippen LogP contribution in [0.3, 0.4) is 0 Å². The van der Waals surface area contributed by atoms with Crippen molar-refractivity contribution in [3.8, 4) is 5.75 Å². The first-order valence-corrected chi connectivity index (χ1v) is 14.2. The molecule has 0 aliphatic carbocycles. The highest BCUT2D eigenvalue weighted by molar-refractivity contribution is 5.75. The highest BCUT2D eigenvalue weighted by atomic mass is 17.1. The number of carboxylic acids is 1. The van der Waals surface area contributed by atoms with Crippen LogP contribution in [-0.4, -0.2) is 43.1 Å². The molecule has 0 aromatic heterocycles. The van der Waals surface area contributed by atoms with Crippen LogP contribution in [0.25, 0.3) is 0 Å². The molecule has 15 nitrogen and oxygen atoms in total. The second-order valence-corrected chi connectivity index (χ2v) is 11.3. The fraction of sp³-hybridized carbons (Fsp3) is 0.500. The monoisotopic (exact) mass is 636 g/mol. The molecule has 0 heterocycles. The van der Waals surface area contributed by atoms with Crippen molar-refractivity contribution in [2.24, 2.45) is 35.1 Å². The lowest BCUT2D eigenvalue weighted by atomic mass is 9.87. The Balaban J connectivity index is 0.000000712. The number of nitrogens with two attached hydrogens (primary N) is 2. The van der Waals surface area contributed by atoms with Crippen molar-refractivity contribution in [3.05, 3.63) is 74.3 Å². The smallest absolute Gasteiger partial charge is 0.310 e. The van der Waals surface area contributed by atoms with Gasteiger partial charge in [0.05, 0.1) is 15.4 Å². The van der Waals surface area contributed by atoms with E-state index in [0.29, 0.717) is 18.3 Å². The number of amides is 2. The third-order valence-electron chi connectivity index (χ3n) is 6.29. The van der Waals surface area contributed by atoms with Crippen LogP contribution in [0, 0.1) is 43.9 Å². The Hall–Kier alpha value is -4.63. The van der Waals surface area contributed by atoms with Crippen LogP contribution < -0.4 is 11.5 Å². The van der Waals surface area contributed by atoms with Crippen molar-refractivity contribution >= 4 is 29.2 Å². The molecule has 45 heavy (non-hydrogen) atoms. The Labute approximate surface area is 261 Å². The summed E-state index contributed by atoms with van der Waals surface area (Å²) in [7, 11) is 0. The lowest BCUT2D eigenvalue weighted by Crippen LogP contribution is -2.20. The van der Waals surface area contributed by atoms with Crippen molar-refractivity contribution in [3.63, 3.8) is 0 Å². The number of carbonyl (C=O) groups excluding carboxylic acids is 2. The van der Waals surface area contributed by atoms with Crippen LogP contribution in [0.4, 0.5) is 11.4 Å². The largest absolute Gasteiger partial charge is 0.502 e. The number of rotatable bonds is 16. The molecule has 2 aromatic rings. The minimum Gasteiger partial charge on any atom is -0.502 e. The third kappa shape index (κ3) is 17.9. The molecule has 0 spiro atoms. The molecule has 0 aliphatic rings. The Kier molecular flexibility index (Phi) is 19.0. The van der Waals surface area contributed by atoms with Crippen molar-refractivity contribution in [1.82, 2.24) is 0 Å². The summed E-state index contributed by atoms with van der Waals surface area (Å²) in [4.78, 5) is 56.7. The van der Waals surface area contributed by atoms with Gasteiger partial charge in [-0.2, -0.15) is 0 Å². The van der Waals surface area contributed by atoms with Gasteiger partial charge in [0.15, 0.2) is 5.75 Å². The minimum atomic E-state index is -0.871. The van der Waals surface area contributed by atoms with E-state index in [1.54, 1.807) is 12.1 Å². The SMILES string of the molecule is CC(C)C[C@H](CC(N)=O)CC(=O)O.CC(C)C[C@H](CC(N)=O)CC(OO)c1ccccc1[N+](=O)[O-].O=[N+]([O-])c1ccccc1O. The average molecular weight is 637 g/mol. The molecule has 3 atom stereocenters. The normalized spacial score (nSPS) is 12.5. The number of hydrogen-bond donors (Lipinski definition) is 5. The lowest BCUT2D eigenvalue weighted by molar-refractivity contribution is -0.387. The first kappa shape index (κ1) is 40.4. The van der Waals surface area contributed by atoms with E-state index < -0.39 is 33.7 Å². The van der Waals surface area contributed by atoms with E-state index in [1.165, 1.54) is 36.4 Å². The first-order chi connectivity index (χ1) is 21.0. The molecule has 0 saturated heterocycles. The summed E-state index contributed by atoms with van der Waals surface area (Å²) in [5.41, 5.74) is 10.2. The molecule has 250 valence electrons. The molecular formula is C30H44N4O11. The van der Waals surface area contributed by atoms with E-state index in [0.717, 1.165) is 6.42 Å². The molecule has 7 N–H and O–H groups in total. The maximum atomic E-state index is 11.2. The van der Waals surface area contributed by atoms with Gasteiger partial charge in [-0.25, -0.2) is 4.89 Å². The fourth-order valence-corrected chi connectivity index (χ4v) is 4.73. The summed E-state index contributed by atoms with van der Waals surface area (Å²) in [6, 6.07) is 11.6. The van der Waals surface area contributed by atoms with Crippen molar-refractivity contribution in [2.45, 2.75) is 72.3 Å². The molecule has 0 radical (unpaired) electrons. The fourth-order valence-electron chi connectivity index (χ4n) is 4.73. The van der Waals surface area contributed by atoms with E-state index in [4.69, 9.17) is 26.9 Å². The number of carbonyl (C=O) groups is 3. The molecule has 2 rings (SSSR count). The lowest BCUT2D eigenvalue weighted by Gasteiger charge is -2.22. The number of primary amides is 2. The molecule has 0 aliphatic heterocycles. The van der Waals surface area contributed by atoms with Gasteiger partial charge in [-0.15, -0.1) is 0 Å². The van der Waals surface area contributed by atoms with Gasteiger partial charge in [0, 0.05) is 31.4 Å². The van der Waals surface area contributed by atoms with E-state index in [1.807, 2.05) is 27.7 Å². The number of phenolic OH excluding ortho intramolecular Hbond substituents is 1. The maximum absolute atomic E-state index is 11.2. The Morgan fingerprint density at radius 3 is 1.60 bits per heavy atom. The Morgan fingerprint density at radius 1 is 0.756 bits per heavy atom. The molecule has 2 amide bonds. The zero-order chi connectivity index (χ0) is 34.7. The van der Waals surface area contributed by atoms with Gasteiger partial charge >= 0.3 is 11.7 Å². The minimum absolute atomic E-state index is 0.0289. The number of nitrogens with zero attached hydrogens (tertiary/aromatic N) is 2. The third-order valence-corrected chi connectivity index (χ3v) is 6.29. The molecular weight excluding hydrogens is 592 g/mol. The predicted molar refractivity (Wildman–Crippen MR) is 165 cm³/mol. The van der Waals surface area contributed by atoms with Crippen LogP contribution in [-0.2, 0) is 19.3 Å². The number of hydrogen-bond acceptors (Lipinski definition) is 10. The Morgan fingerprint density at radius 2 is 1.20 bits per heavy atom. The van der Waals surface area contributed by atoms with Gasteiger partial charge in [-0.1, -0.05) is 52.0 Å². The van der Waals surface area contributed by atoms with Gasteiger partial charge in [0.1, 0.15) is 6.10 Å². The number of carboxylic acid groups (broad SMARTS) is 1. The molecule has 0 fully saturated rings. The summed E-state index contributed by atoms with van der Waals surface area (Å²) in [6.45, 7) is 8.01. The van der Waals surface area contributed by atoms with Crippen LogP contribution >= 0.6 is 0 Å². The van der Waals surface area contributed by atoms with Crippen LogP contribution in [0.1, 0.15) is 77.9 Å². The second kappa shape index (κ2) is 21.1. The summed E-state index contributed by atoms with van der Waals surface area (Å²) in [6.07, 6.45) is 1.20. The molecule has 0 bridgehead atoms. The summed E-state index contributed by atoms with van der Waals surface area (Å²) in [5.74, 6) is -1.54. The van der Waals surface area contributed by atoms with Crippen molar-refractivity contribution in [2.75, 3.05) is 0 Å². The van der Waals surface area contributed by atoms with E-state index >= 15 is 0 Å². The Bertz CT molecular complexity index is 1240. The molecule has 1 unspecified atom stereocenters. The van der Waals surface area contributed by atoms with Gasteiger partial charge < -0.3 is 21.7 Å². The number of aromatic hydroxyl groups is 1. The van der Waals surface area contributed by atoms with Gasteiger partial charge in [-0.3, -0.25) is 39.9 Å². The van der Waals surface area contributed by atoms with Gasteiger partial charge in [-0.05, 0) is 55.1 Å². The highest BCUT2D eigenvalue weighted by Gasteiger charge is 2.27. The van der Waals surface area contributed by atoms with E-state index in [2.05, 4.69) is 4.89 Å². The van der Waals surface area contributed by atoms with Crippen molar-refractivity contribution < 1.29 is 44.6 Å². The zero-order valence-corrected chi connectivity index (χ0v) is 25.9. The van der Waals surface area contributed by atoms with Gasteiger partial charge in [0.25, 0.3) is 5.69 Å².